The summed E-state index contributed by atoms with van der Waals surface area (Å²) in [7, 11) is 0. The molecule has 1 heterocycles. The largest absolute Gasteiger partial charge is 0.341 e. The van der Waals surface area contributed by atoms with Gasteiger partial charge in [0, 0.05) is 5.02 Å². The molecule has 1 aromatic heterocycles. The number of hydrogen-bond acceptors (Lipinski definition) is 2. The highest BCUT2D eigenvalue weighted by molar-refractivity contribution is 6.31. The molecule has 0 radical (unpaired) electrons. The van der Waals surface area contributed by atoms with E-state index in [1.54, 1.807) is 0 Å². The number of nitrogens with zero attached hydrogens (tertiary/aromatic N) is 1. The Labute approximate surface area is 123 Å². The van der Waals surface area contributed by atoms with Gasteiger partial charge in [-0.05, 0) is 36.7 Å². The molecule has 102 valence electrons. The zero-order valence-electron chi connectivity index (χ0n) is 11.1. The summed E-state index contributed by atoms with van der Waals surface area (Å²) >= 11 is 5.96. The van der Waals surface area contributed by atoms with Crippen molar-refractivity contribution in [1.29, 1.82) is 0 Å². The molecule has 0 saturated carbocycles. The highest BCUT2D eigenvalue weighted by atomic mass is 35.5. The number of rotatable bonds is 5. The van der Waals surface area contributed by atoms with Gasteiger partial charge in [0.1, 0.15) is 5.82 Å². The highest BCUT2D eigenvalue weighted by Crippen LogP contribution is 2.16. The molecular weight excluding hydrogens is 270 g/mol. The van der Waals surface area contributed by atoms with E-state index in [2.05, 4.69) is 39.6 Å². The van der Waals surface area contributed by atoms with Gasteiger partial charge >= 0.3 is 0 Å². The molecule has 3 rings (SSSR count). The molecule has 0 unspecified atom stereocenters. The average Bonchev–Trinajstić information content (AvgIpc) is 2.86. The van der Waals surface area contributed by atoms with E-state index in [1.807, 2.05) is 24.3 Å². The third-order valence-electron chi connectivity index (χ3n) is 3.22. The maximum Gasteiger partial charge on any atom is 0.121 e. The van der Waals surface area contributed by atoms with E-state index in [0.717, 1.165) is 41.4 Å². The number of aromatic amines is 1. The second-order valence-corrected chi connectivity index (χ2v) is 5.19. The Balaban J connectivity index is 1.55. The third-order valence-corrected chi connectivity index (χ3v) is 3.45. The topological polar surface area (TPSA) is 40.7 Å². The van der Waals surface area contributed by atoms with Crippen LogP contribution in [0.1, 0.15) is 11.4 Å². The van der Waals surface area contributed by atoms with Gasteiger partial charge in [-0.2, -0.15) is 0 Å². The molecule has 0 spiro atoms. The lowest BCUT2D eigenvalue weighted by Gasteiger charge is -2.02. The molecule has 0 aliphatic carbocycles. The zero-order valence-corrected chi connectivity index (χ0v) is 11.8. The van der Waals surface area contributed by atoms with Gasteiger partial charge in [0.2, 0.25) is 0 Å². The fraction of sp³-hybridized carbons (Fsp3) is 0.188. The summed E-state index contributed by atoms with van der Waals surface area (Å²) in [5.41, 5.74) is 3.28. The van der Waals surface area contributed by atoms with E-state index < -0.39 is 0 Å². The maximum atomic E-state index is 5.96. The summed E-state index contributed by atoms with van der Waals surface area (Å²) in [5.74, 6) is 0.940. The van der Waals surface area contributed by atoms with Crippen molar-refractivity contribution in [3.05, 3.63) is 64.9 Å². The van der Waals surface area contributed by atoms with Crippen molar-refractivity contribution in [2.75, 3.05) is 6.54 Å². The van der Waals surface area contributed by atoms with Gasteiger partial charge < -0.3 is 10.3 Å². The van der Waals surface area contributed by atoms with Gasteiger partial charge in [-0.1, -0.05) is 41.9 Å². The Hall–Kier alpha value is -1.84. The minimum Gasteiger partial charge on any atom is -0.341 e. The average molecular weight is 286 g/mol. The van der Waals surface area contributed by atoms with Crippen molar-refractivity contribution in [2.45, 2.75) is 13.0 Å². The lowest BCUT2D eigenvalue weighted by Crippen LogP contribution is -2.17. The first-order valence-corrected chi connectivity index (χ1v) is 7.08. The quantitative estimate of drug-likeness (QED) is 0.704. The molecule has 0 amide bonds. The predicted molar refractivity (Wildman–Crippen MR) is 83.0 cm³/mol. The van der Waals surface area contributed by atoms with Gasteiger partial charge in [0.15, 0.2) is 0 Å². The smallest absolute Gasteiger partial charge is 0.121 e. The van der Waals surface area contributed by atoms with Gasteiger partial charge in [-0.3, -0.25) is 0 Å². The van der Waals surface area contributed by atoms with Crippen LogP contribution in [0.4, 0.5) is 0 Å². The molecule has 4 heteroatoms. The van der Waals surface area contributed by atoms with Gasteiger partial charge in [-0.15, -0.1) is 0 Å². The van der Waals surface area contributed by atoms with Crippen molar-refractivity contribution in [2.24, 2.45) is 0 Å². The van der Waals surface area contributed by atoms with Crippen LogP contribution in [0.3, 0.4) is 0 Å². The van der Waals surface area contributed by atoms with Crippen molar-refractivity contribution >= 4 is 22.6 Å². The van der Waals surface area contributed by atoms with Gasteiger partial charge in [0.05, 0.1) is 17.6 Å². The molecule has 0 aliphatic heterocycles. The highest BCUT2D eigenvalue weighted by Gasteiger charge is 2.02. The summed E-state index contributed by atoms with van der Waals surface area (Å²) in [5, 5.41) is 4.13. The Morgan fingerprint density at radius 2 is 1.95 bits per heavy atom. The summed E-state index contributed by atoms with van der Waals surface area (Å²) in [6.45, 7) is 1.67. The summed E-state index contributed by atoms with van der Waals surface area (Å²) in [6, 6.07) is 16.2. The number of aromatic nitrogens is 2. The van der Waals surface area contributed by atoms with Crippen LogP contribution in [-0.4, -0.2) is 16.5 Å². The van der Waals surface area contributed by atoms with Gasteiger partial charge in [-0.25, -0.2) is 4.98 Å². The van der Waals surface area contributed by atoms with E-state index in [4.69, 9.17) is 11.6 Å². The molecule has 0 saturated heterocycles. The second kappa shape index (κ2) is 6.07. The predicted octanol–water partition coefficient (Wildman–Crippen LogP) is 3.55. The fourth-order valence-electron chi connectivity index (χ4n) is 2.20. The summed E-state index contributed by atoms with van der Waals surface area (Å²) in [6.07, 6.45) is 1.02. The molecule has 3 aromatic rings. The Morgan fingerprint density at radius 3 is 2.80 bits per heavy atom. The Morgan fingerprint density at radius 1 is 1.10 bits per heavy atom. The van der Waals surface area contributed by atoms with Crippen LogP contribution in [0.25, 0.3) is 11.0 Å². The summed E-state index contributed by atoms with van der Waals surface area (Å²) < 4.78 is 0. The number of nitrogens with one attached hydrogen (secondary N) is 2. The van der Waals surface area contributed by atoms with Crippen LogP contribution in [0.5, 0.6) is 0 Å². The van der Waals surface area contributed by atoms with Crippen LogP contribution in [-0.2, 0) is 13.0 Å². The molecule has 0 aliphatic rings. The number of hydrogen-bond donors (Lipinski definition) is 2. The molecule has 0 fully saturated rings. The lowest BCUT2D eigenvalue weighted by molar-refractivity contribution is 0.666. The molecule has 2 N–H and O–H groups in total. The van der Waals surface area contributed by atoms with E-state index >= 15 is 0 Å². The summed E-state index contributed by atoms with van der Waals surface area (Å²) in [4.78, 5) is 7.80. The Kier molecular flexibility index (Phi) is 4.00. The van der Waals surface area contributed by atoms with Crippen molar-refractivity contribution in [3.63, 3.8) is 0 Å². The SMILES string of the molecule is Clc1ccc2nc(CNCCc3ccccc3)[nH]c2c1. The maximum absolute atomic E-state index is 5.96. The number of H-pyrrole nitrogens is 1. The van der Waals surface area contributed by atoms with Crippen LogP contribution < -0.4 is 5.32 Å². The van der Waals surface area contributed by atoms with E-state index in [0.29, 0.717) is 0 Å². The van der Waals surface area contributed by atoms with Crippen molar-refractivity contribution in [3.8, 4) is 0 Å². The monoisotopic (exact) mass is 285 g/mol. The first-order chi connectivity index (χ1) is 9.81. The van der Waals surface area contributed by atoms with Crippen LogP contribution >= 0.6 is 11.6 Å². The van der Waals surface area contributed by atoms with Gasteiger partial charge in [0.25, 0.3) is 0 Å². The molecule has 2 aromatic carbocycles. The zero-order chi connectivity index (χ0) is 13.8. The van der Waals surface area contributed by atoms with E-state index in [1.165, 1.54) is 5.56 Å². The van der Waals surface area contributed by atoms with E-state index in [9.17, 15) is 0 Å². The van der Waals surface area contributed by atoms with Crippen LogP contribution in [0, 0.1) is 0 Å². The first kappa shape index (κ1) is 13.2. The molecule has 20 heavy (non-hydrogen) atoms. The van der Waals surface area contributed by atoms with Crippen molar-refractivity contribution < 1.29 is 0 Å². The number of fused-ring (bicyclic) bond motifs is 1. The van der Waals surface area contributed by atoms with Crippen LogP contribution in [0.2, 0.25) is 5.02 Å². The molecular formula is C16H16ClN3. The minimum absolute atomic E-state index is 0.727. The van der Waals surface area contributed by atoms with Crippen LogP contribution in [0.15, 0.2) is 48.5 Å². The van der Waals surface area contributed by atoms with E-state index in [-0.39, 0.29) is 0 Å². The second-order valence-electron chi connectivity index (χ2n) is 4.76. The third kappa shape index (κ3) is 3.18. The lowest BCUT2D eigenvalue weighted by atomic mass is 10.1. The van der Waals surface area contributed by atoms with Crippen molar-refractivity contribution in [1.82, 2.24) is 15.3 Å². The normalized spacial score (nSPS) is 11.1. The number of imidazole rings is 1. The first-order valence-electron chi connectivity index (χ1n) is 6.70. The number of benzene rings is 2. The fourth-order valence-corrected chi connectivity index (χ4v) is 2.37. The molecule has 3 nitrogen and oxygen atoms in total. The standard InChI is InChI=1S/C16H16ClN3/c17-13-6-7-14-15(10-13)20-16(19-14)11-18-9-8-12-4-2-1-3-5-12/h1-7,10,18H,8-9,11H2,(H,19,20). The Bertz CT molecular complexity index is 691. The number of halogens is 1. The minimum atomic E-state index is 0.727. The molecule has 0 atom stereocenters. The molecule has 0 bridgehead atoms.